The normalized spacial score (nSPS) is 16.5. The number of nitrogens with zero attached hydrogens (tertiary/aromatic N) is 4. The third-order valence-corrected chi connectivity index (χ3v) is 4.29. The Morgan fingerprint density at radius 2 is 1.96 bits per heavy atom. The van der Waals surface area contributed by atoms with Crippen molar-refractivity contribution in [2.75, 3.05) is 31.1 Å². The average molecular weight is 369 g/mol. The number of amides is 1. The van der Waals surface area contributed by atoms with Crippen LogP contribution in [0.4, 0.5) is 10.6 Å². The molecule has 0 unspecified atom stereocenters. The molecule has 138 valence electrons. The maximum absolute atomic E-state index is 12.2. The lowest BCUT2D eigenvalue weighted by atomic mass is 10.00. The summed E-state index contributed by atoms with van der Waals surface area (Å²) in [5.41, 5.74) is 0.272. The van der Waals surface area contributed by atoms with Crippen LogP contribution in [0.25, 0.3) is 0 Å². The van der Waals surface area contributed by atoms with Crippen molar-refractivity contribution in [3.8, 4) is 0 Å². The molecule has 0 saturated carbocycles. The summed E-state index contributed by atoms with van der Waals surface area (Å²) < 4.78 is 5.41. The number of carbonyl (C=O) groups excluding carboxylic acids is 2. The minimum absolute atomic E-state index is 0.0647. The minimum Gasteiger partial charge on any atom is -0.444 e. The Morgan fingerprint density at radius 1 is 1.32 bits per heavy atom. The molecular formula is C17H25ClN4O3. The molecule has 0 N–H and O–H groups in total. The molecule has 1 aliphatic heterocycles. The van der Waals surface area contributed by atoms with E-state index in [0.29, 0.717) is 37.8 Å². The van der Waals surface area contributed by atoms with E-state index in [2.05, 4.69) is 14.9 Å². The zero-order chi connectivity index (χ0) is 18.6. The summed E-state index contributed by atoms with van der Waals surface area (Å²) in [5, 5.41) is 0.369. The number of ether oxygens (including phenoxy) is 1. The highest BCUT2D eigenvalue weighted by Crippen LogP contribution is 2.32. The lowest BCUT2D eigenvalue weighted by Crippen LogP contribution is -2.50. The van der Waals surface area contributed by atoms with E-state index in [0.717, 1.165) is 17.7 Å². The number of aldehydes is 1. The number of piperazine rings is 1. The summed E-state index contributed by atoms with van der Waals surface area (Å²) >= 11 is 6.25. The van der Waals surface area contributed by atoms with Crippen molar-refractivity contribution < 1.29 is 14.3 Å². The van der Waals surface area contributed by atoms with Crippen molar-refractivity contribution in [3.63, 3.8) is 0 Å². The Morgan fingerprint density at radius 3 is 2.52 bits per heavy atom. The van der Waals surface area contributed by atoms with E-state index in [1.807, 2.05) is 27.7 Å². The van der Waals surface area contributed by atoms with Crippen LogP contribution in [0.3, 0.4) is 0 Å². The predicted molar refractivity (Wildman–Crippen MR) is 96.2 cm³/mol. The SMILES string of the molecule is C[C@H](CC=O)c1c(Cl)ncnc1N1CCN(C(=O)OC(C)(C)C)CC1. The first-order chi connectivity index (χ1) is 11.7. The molecule has 7 nitrogen and oxygen atoms in total. The zero-order valence-corrected chi connectivity index (χ0v) is 15.9. The first-order valence-electron chi connectivity index (χ1n) is 8.40. The summed E-state index contributed by atoms with van der Waals surface area (Å²) in [5.74, 6) is 0.670. The Bertz CT molecular complexity index is 625. The average Bonchev–Trinajstić information content (AvgIpc) is 2.53. The molecule has 1 atom stereocenters. The van der Waals surface area contributed by atoms with Crippen LogP contribution >= 0.6 is 11.6 Å². The fraction of sp³-hybridized carbons (Fsp3) is 0.647. The van der Waals surface area contributed by atoms with Crippen LogP contribution in [-0.4, -0.2) is 59.0 Å². The molecule has 2 heterocycles. The molecule has 0 aliphatic carbocycles. The van der Waals surface area contributed by atoms with E-state index in [1.54, 1.807) is 4.90 Å². The van der Waals surface area contributed by atoms with Gasteiger partial charge in [-0.05, 0) is 26.7 Å². The van der Waals surface area contributed by atoms with Crippen molar-refractivity contribution >= 4 is 29.8 Å². The molecule has 1 aromatic rings. The van der Waals surface area contributed by atoms with Crippen LogP contribution in [0.2, 0.25) is 5.15 Å². The first kappa shape index (κ1) is 19.4. The predicted octanol–water partition coefficient (Wildman–Crippen LogP) is 2.88. The summed E-state index contributed by atoms with van der Waals surface area (Å²) in [7, 11) is 0. The summed E-state index contributed by atoms with van der Waals surface area (Å²) in [4.78, 5) is 35.2. The van der Waals surface area contributed by atoms with Gasteiger partial charge in [0.2, 0.25) is 0 Å². The van der Waals surface area contributed by atoms with Gasteiger partial charge in [-0.2, -0.15) is 0 Å². The second kappa shape index (κ2) is 7.99. The molecule has 1 fully saturated rings. The van der Waals surface area contributed by atoms with Gasteiger partial charge in [0.25, 0.3) is 0 Å². The largest absolute Gasteiger partial charge is 0.444 e. The molecule has 2 rings (SSSR count). The van der Waals surface area contributed by atoms with Crippen LogP contribution < -0.4 is 4.90 Å². The highest BCUT2D eigenvalue weighted by atomic mass is 35.5. The number of hydrogen-bond donors (Lipinski definition) is 0. The Hall–Kier alpha value is -1.89. The molecule has 0 spiro atoms. The number of anilines is 1. The number of hydrogen-bond acceptors (Lipinski definition) is 6. The third-order valence-electron chi connectivity index (χ3n) is 3.99. The Labute approximate surface area is 153 Å². The van der Waals surface area contributed by atoms with E-state index >= 15 is 0 Å². The molecule has 8 heteroatoms. The topological polar surface area (TPSA) is 75.6 Å². The maximum Gasteiger partial charge on any atom is 0.410 e. The van der Waals surface area contributed by atoms with Crippen molar-refractivity contribution in [2.45, 2.75) is 45.6 Å². The van der Waals surface area contributed by atoms with E-state index in [9.17, 15) is 9.59 Å². The van der Waals surface area contributed by atoms with Gasteiger partial charge in [0.15, 0.2) is 0 Å². The van der Waals surface area contributed by atoms with E-state index in [1.165, 1.54) is 6.33 Å². The molecule has 1 saturated heterocycles. The van der Waals surface area contributed by atoms with Crippen molar-refractivity contribution in [2.24, 2.45) is 0 Å². The van der Waals surface area contributed by atoms with E-state index < -0.39 is 5.60 Å². The van der Waals surface area contributed by atoms with Gasteiger partial charge in [-0.25, -0.2) is 14.8 Å². The minimum atomic E-state index is -0.508. The molecule has 1 amide bonds. The monoisotopic (exact) mass is 368 g/mol. The number of aromatic nitrogens is 2. The second-order valence-corrected chi connectivity index (χ2v) is 7.52. The van der Waals surface area contributed by atoms with Crippen molar-refractivity contribution in [1.82, 2.24) is 14.9 Å². The number of carbonyl (C=O) groups is 2. The van der Waals surface area contributed by atoms with Crippen LogP contribution in [0, 0.1) is 0 Å². The highest BCUT2D eigenvalue weighted by molar-refractivity contribution is 6.30. The lowest BCUT2D eigenvalue weighted by molar-refractivity contribution is -0.108. The van der Waals surface area contributed by atoms with Crippen LogP contribution in [-0.2, 0) is 9.53 Å². The second-order valence-electron chi connectivity index (χ2n) is 7.16. The Balaban J connectivity index is 2.09. The van der Waals surface area contributed by atoms with Crippen LogP contribution in [0.15, 0.2) is 6.33 Å². The van der Waals surface area contributed by atoms with Gasteiger partial charge in [0.05, 0.1) is 0 Å². The molecular weight excluding hydrogens is 344 g/mol. The number of rotatable bonds is 4. The third kappa shape index (κ3) is 5.04. The van der Waals surface area contributed by atoms with Gasteiger partial charge in [-0.1, -0.05) is 18.5 Å². The lowest BCUT2D eigenvalue weighted by Gasteiger charge is -2.37. The van der Waals surface area contributed by atoms with E-state index in [4.69, 9.17) is 16.3 Å². The standard InChI is InChI=1S/C17H25ClN4O3/c1-12(5-10-23)13-14(18)19-11-20-15(13)21-6-8-22(9-7-21)16(24)25-17(2,3)4/h10-12H,5-9H2,1-4H3/t12-/m1/s1. The smallest absolute Gasteiger partial charge is 0.410 e. The summed E-state index contributed by atoms with van der Waals surface area (Å²) in [6.45, 7) is 9.80. The van der Waals surface area contributed by atoms with Gasteiger partial charge in [-0.15, -0.1) is 0 Å². The molecule has 1 aliphatic rings. The zero-order valence-electron chi connectivity index (χ0n) is 15.2. The Kier molecular flexibility index (Phi) is 6.21. The fourth-order valence-corrected chi connectivity index (χ4v) is 3.05. The fourth-order valence-electron chi connectivity index (χ4n) is 2.73. The van der Waals surface area contributed by atoms with Gasteiger partial charge in [0.1, 0.15) is 29.2 Å². The van der Waals surface area contributed by atoms with Gasteiger partial charge < -0.3 is 19.3 Å². The summed E-state index contributed by atoms with van der Waals surface area (Å²) in [6, 6.07) is 0. The molecule has 25 heavy (non-hydrogen) atoms. The van der Waals surface area contributed by atoms with Crippen molar-refractivity contribution in [3.05, 3.63) is 17.0 Å². The highest BCUT2D eigenvalue weighted by Gasteiger charge is 2.28. The number of halogens is 1. The van der Waals surface area contributed by atoms with Gasteiger partial charge in [-0.3, -0.25) is 0 Å². The summed E-state index contributed by atoms with van der Waals surface area (Å²) in [6.07, 6.45) is 2.35. The maximum atomic E-state index is 12.2. The first-order valence-corrected chi connectivity index (χ1v) is 8.77. The van der Waals surface area contributed by atoms with Gasteiger partial charge >= 0.3 is 6.09 Å². The molecule has 1 aromatic heterocycles. The van der Waals surface area contributed by atoms with E-state index in [-0.39, 0.29) is 12.0 Å². The quantitative estimate of drug-likeness (QED) is 0.600. The molecule has 0 radical (unpaired) electrons. The molecule has 0 bridgehead atoms. The van der Waals surface area contributed by atoms with Crippen molar-refractivity contribution in [1.29, 1.82) is 0 Å². The molecule has 0 aromatic carbocycles. The van der Waals surface area contributed by atoms with Crippen LogP contribution in [0.1, 0.15) is 45.6 Å². The van der Waals surface area contributed by atoms with Crippen LogP contribution in [0.5, 0.6) is 0 Å². The van der Waals surface area contributed by atoms with Gasteiger partial charge in [0, 0.05) is 38.2 Å².